The van der Waals surface area contributed by atoms with E-state index in [1.807, 2.05) is 32.1 Å². The SMILES string of the molecule is COc1cc(C)c(Cl)c(C)c1/C=C/CN. The van der Waals surface area contributed by atoms with Crippen LogP contribution >= 0.6 is 11.6 Å². The highest BCUT2D eigenvalue weighted by molar-refractivity contribution is 6.32. The van der Waals surface area contributed by atoms with Gasteiger partial charge in [-0.15, -0.1) is 0 Å². The molecule has 3 heteroatoms. The van der Waals surface area contributed by atoms with Gasteiger partial charge < -0.3 is 10.5 Å². The van der Waals surface area contributed by atoms with Gasteiger partial charge in [0.2, 0.25) is 0 Å². The minimum Gasteiger partial charge on any atom is -0.496 e. The van der Waals surface area contributed by atoms with Crippen LogP contribution in [0.15, 0.2) is 12.1 Å². The van der Waals surface area contributed by atoms with Crippen LogP contribution in [-0.4, -0.2) is 13.7 Å². The number of rotatable bonds is 3. The molecule has 2 nitrogen and oxygen atoms in total. The minimum absolute atomic E-state index is 0.508. The molecular formula is C12H16ClNO. The van der Waals surface area contributed by atoms with Crippen LogP contribution in [0.4, 0.5) is 0 Å². The van der Waals surface area contributed by atoms with Gasteiger partial charge in [-0.3, -0.25) is 0 Å². The van der Waals surface area contributed by atoms with Gasteiger partial charge >= 0.3 is 0 Å². The molecule has 15 heavy (non-hydrogen) atoms. The lowest BCUT2D eigenvalue weighted by atomic mass is 10.0. The number of hydrogen-bond donors (Lipinski definition) is 1. The van der Waals surface area contributed by atoms with E-state index in [9.17, 15) is 0 Å². The summed E-state index contributed by atoms with van der Waals surface area (Å²) in [6.07, 6.45) is 3.83. The fourth-order valence-corrected chi connectivity index (χ4v) is 1.65. The molecule has 0 aliphatic heterocycles. The zero-order chi connectivity index (χ0) is 11.4. The van der Waals surface area contributed by atoms with Crippen molar-refractivity contribution >= 4 is 17.7 Å². The second-order valence-electron chi connectivity index (χ2n) is 3.39. The molecule has 0 heterocycles. The molecule has 0 saturated carbocycles. The van der Waals surface area contributed by atoms with Gasteiger partial charge in [0.15, 0.2) is 0 Å². The first-order valence-electron chi connectivity index (χ1n) is 4.82. The van der Waals surface area contributed by atoms with Crippen molar-refractivity contribution in [2.75, 3.05) is 13.7 Å². The van der Waals surface area contributed by atoms with Crippen LogP contribution in [-0.2, 0) is 0 Å². The summed E-state index contributed by atoms with van der Waals surface area (Å²) >= 11 is 6.17. The summed E-state index contributed by atoms with van der Waals surface area (Å²) in [5, 5.41) is 0.785. The van der Waals surface area contributed by atoms with E-state index < -0.39 is 0 Å². The summed E-state index contributed by atoms with van der Waals surface area (Å²) in [6, 6.07) is 1.94. The molecule has 1 aromatic carbocycles. The summed E-state index contributed by atoms with van der Waals surface area (Å²) in [5.41, 5.74) is 8.47. The van der Waals surface area contributed by atoms with Gasteiger partial charge in [0, 0.05) is 17.1 Å². The Bertz CT molecular complexity index is 386. The lowest BCUT2D eigenvalue weighted by Crippen LogP contribution is -1.96. The smallest absolute Gasteiger partial charge is 0.126 e. The molecule has 0 fully saturated rings. The van der Waals surface area contributed by atoms with Gasteiger partial charge in [0.05, 0.1) is 7.11 Å². The van der Waals surface area contributed by atoms with Crippen LogP contribution in [0.1, 0.15) is 16.7 Å². The second kappa shape index (κ2) is 5.19. The summed E-state index contributed by atoms with van der Waals surface area (Å²) in [7, 11) is 1.65. The number of halogens is 1. The molecule has 0 aromatic heterocycles. The maximum absolute atomic E-state index is 6.17. The number of methoxy groups -OCH3 is 1. The monoisotopic (exact) mass is 225 g/mol. The lowest BCUT2D eigenvalue weighted by Gasteiger charge is -2.12. The Kier molecular flexibility index (Phi) is 4.18. The van der Waals surface area contributed by atoms with Crippen LogP contribution in [0, 0.1) is 13.8 Å². The van der Waals surface area contributed by atoms with Gasteiger partial charge in [0.1, 0.15) is 5.75 Å². The molecule has 0 bridgehead atoms. The highest BCUT2D eigenvalue weighted by atomic mass is 35.5. The molecule has 0 spiro atoms. The van der Waals surface area contributed by atoms with E-state index in [0.717, 1.165) is 27.5 Å². The first-order chi connectivity index (χ1) is 7.11. The van der Waals surface area contributed by atoms with Crippen molar-refractivity contribution in [3.63, 3.8) is 0 Å². The highest BCUT2D eigenvalue weighted by Gasteiger charge is 2.09. The predicted octanol–water partition coefficient (Wildman–Crippen LogP) is 2.94. The first kappa shape index (κ1) is 12.1. The molecule has 0 aliphatic rings. The maximum Gasteiger partial charge on any atom is 0.126 e. The Balaban J connectivity index is 3.33. The van der Waals surface area contributed by atoms with Crippen LogP contribution in [0.2, 0.25) is 5.02 Å². The van der Waals surface area contributed by atoms with Gasteiger partial charge in [-0.05, 0) is 31.0 Å². The molecule has 1 rings (SSSR count). The fraction of sp³-hybridized carbons (Fsp3) is 0.333. The molecular weight excluding hydrogens is 210 g/mol. The van der Waals surface area contributed by atoms with Gasteiger partial charge in [-0.1, -0.05) is 23.8 Å². The summed E-state index contributed by atoms with van der Waals surface area (Å²) in [4.78, 5) is 0. The van der Waals surface area contributed by atoms with Crippen LogP contribution in [0.3, 0.4) is 0 Å². The summed E-state index contributed by atoms with van der Waals surface area (Å²) < 4.78 is 5.31. The third kappa shape index (κ3) is 2.52. The number of benzene rings is 1. The van der Waals surface area contributed by atoms with Crippen molar-refractivity contribution in [2.24, 2.45) is 5.73 Å². The van der Waals surface area contributed by atoms with E-state index in [-0.39, 0.29) is 0 Å². The number of aryl methyl sites for hydroxylation is 1. The van der Waals surface area contributed by atoms with Gasteiger partial charge in [0.25, 0.3) is 0 Å². The molecule has 0 saturated heterocycles. The predicted molar refractivity (Wildman–Crippen MR) is 65.6 cm³/mol. The largest absolute Gasteiger partial charge is 0.496 e. The van der Waals surface area contributed by atoms with Crippen molar-refractivity contribution in [3.8, 4) is 5.75 Å². The van der Waals surface area contributed by atoms with E-state index in [0.29, 0.717) is 6.54 Å². The topological polar surface area (TPSA) is 35.2 Å². The molecule has 0 unspecified atom stereocenters. The normalized spacial score (nSPS) is 11.0. The van der Waals surface area contributed by atoms with E-state index in [4.69, 9.17) is 22.1 Å². The van der Waals surface area contributed by atoms with Crippen molar-refractivity contribution in [3.05, 3.63) is 33.9 Å². The Hall–Kier alpha value is -0.990. The molecule has 0 atom stereocenters. The van der Waals surface area contributed by atoms with Crippen molar-refractivity contribution < 1.29 is 4.74 Å². The van der Waals surface area contributed by atoms with Crippen LogP contribution in [0.5, 0.6) is 5.75 Å². The zero-order valence-corrected chi connectivity index (χ0v) is 10.1. The molecule has 82 valence electrons. The third-order valence-corrected chi connectivity index (χ3v) is 2.91. The minimum atomic E-state index is 0.508. The van der Waals surface area contributed by atoms with Gasteiger partial charge in [-0.25, -0.2) is 0 Å². The fourth-order valence-electron chi connectivity index (χ4n) is 1.50. The number of hydrogen-bond acceptors (Lipinski definition) is 2. The second-order valence-corrected chi connectivity index (χ2v) is 3.76. The lowest BCUT2D eigenvalue weighted by molar-refractivity contribution is 0.413. The highest BCUT2D eigenvalue weighted by Crippen LogP contribution is 2.32. The molecule has 2 N–H and O–H groups in total. The van der Waals surface area contributed by atoms with E-state index in [1.54, 1.807) is 7.11 Å². The molecule has 1 aromatic rings. The Morgan fingerprint density at radius 1 is 1.47 bits per heavy atom. The van der Waals surface area contributed by atoms with Crippen LogP contribution < -0.4 is 10.5 Å². The maximum atomic E-state index is 6.17. The number of nitrogens with two attached hydrogens (primary N) is 1. The van der Waals surface area contributed by atoms with Crippen molar-refractivity contribution in [2.45, 2.75) is 13.8 Å². The summed E-state index contributed by atoms with van der Waals surface area (Å²) in [5.74, 6) is 0.833. The Morgan fingerprint density at radius 3 is 2.67 bits per heavy atom. The average Bonchev–Trinajstić information content (AvgIpc) is 2.24. The quantitative estimate of drug-likeness (QED) is 0.859. The first-order valence-corrected chi connectivity index (χ1v) is 5.20. The van der Waals surface area contributed by atoms with Crippen LogP contribution in [0.25, 0.3) is 6.08 Å². The average molecular weight is 226 g/mol. The molecule has 0 amide bonds. The molecule has 0 radical (unpaired) electrons. The van der Waals surface area contributed by atoms with Crippen molar-refractivity contribution in [1.82, 2.24) is 0 Å². The Labute approximate surface area is 95.7 Å². The van der Waals surface area contributed by atoms with E-state index in [2.05, 4.69) is 0 Å². The Morgan fingerprint density at radius 2 is 2.13 bits per heavy atom. The van der Waals surface area contributed by atoms with E-state index >= 15 is 0 Å². The summed E-state index contributed by atoms with van der Waals surface area (Å²) in [6.45, 7) is 4.45. The number of ether oxygens (including phenoxy) is 1. The standard InChI is InChI=1S/C12H16ClNO/c1-8-7-11(15-3)10(5-4-6-14)9(2)12(8)13/h4-5,7H,6,14H2,1-3H3/b5-4+. The zero-order valence-electron chi connectivity index (χ0n) is 9.30. The molecule has 0 aliphatic carbocycles. The van der Waals surface area contributed by atoms with Crippen molar-refractivity contribution in [1.29, 1.82) is 0 Å². The van der Waals surface area contributed by atoms with Gasteiger partial charge in [-0.2, -0.15) is 0 Å². The van der Waals surface area contributed by atoms with E-state index in [1.165, 1.54) is 0 Å². The third-order valence-electron chi connectivity index (χ3n) is 2.33.